The summed E-state index contributed by atoms with van der Waals surface area (Å²) < 4.78 is 5.47. The first-order chi connectivity index (χ1) is 8.83. The zero-order valence-electron chi connectivity index (χ0n) is 11.1. The first-order valence-corrected chi connectivity index (χ1v) is 7.95. The summed E-state index contributed by atoms with van der Waals surface area (Å²) in [6, 6.07) is 0.752. The Hall–Kier alpha value is -0.450. The highest BCUT2D eigenvalue weighted by Gasteiger charge is 2.29. The smallest absolute Gasteiger partial charge is 0.0971 e. The maximum absolute atomic E-state index is 5.47. The van der Waals surface area contributed by atoms with Gasteiger partial charge in [0.1, 0.15) is 0 Å². The highest BCUT2D eigenvalue weighted by Crippen LogP contribution is 2.31. The van der Waals surface area contributed by atoms with Crippen LogP contribution in [0.5, 0.6) is 0 Å². The Kier molecular flexibility index (Phi) is 3.97. The summed E-state index contributed by atoms with van der Waals surface area (Å²) in [6.07, 6.45) is 5.06. The lowest BCUT2D eigenvalue weighted by molar-refractivity contribution is 0.0240. The normalized spacial score (nSPS) is 27.5. The standard InChI is InChI=1S/C14H22N2OS/c1-11-10-18-14(15-11)12-3-2-6-16(9-12)13-4-7-17-8-5-13/h10,12-13H,2-9H2,1H3. The monoisotopic (exact) mass is 266 g/mol. The molecule has 0 radical (unpaired) electrons. The molecular weight excluding hydrogens is 244 g/mol. The first-order valence-electron chi connectivity index (χ1n) is 7.07. The fourth-order valence-electron chi connectivity index (χ4n) is 3.15. The molecule has 3 heterocycles. The summed E-state index contributed by atoms with van der Waals surface area (Å²) >= 11 is 1.84. The summed E-state index contributed by atoms with van der Waals surface area (Å²) in [5.41, 5.74) is 1.18. The van der Waals surface area contributed by atoms with E-state index in [4.69, 9.17) is 4.74 Å². The van der Waals surface area contributed by atoms with Gasteiger partial charge in [0, 0.05) is 42.8 Å². The van der Waals surface area contributed by atoms with Crippen molar-refractivity contribution < 1.29 is 4.74 Å². The molecule has 18 heavy (non-hydrogen) atoms. The summed E-state index contributed by atoms with van der Waals surface area (Å²) in [5.74, 6) is 0.667. The van der Waals surface area contributed by atoms with Gasteiger partial charge in [-0.05, 0) is 39.2 Å². The summed E-state index contributed by atoms with van der Waals surface area (Å²) in [5, 5.41) is 3.53. The molecule has 0 saturated carbocycles. The van der Waals surface area contributed by atoms with Crippen LogP contribution in [0.1, 0.15) is 42.3 Å². The molecule has 3 nitrogen and oxygen atoms in total. The predicted octanol–water partition coefficient (Wildman–Crippen LogP) is 2.81. The number of likely N-dealkylation sites (tertiary alicyclic amines) is 1. The maximum atomic E-state index is 5.47. The van der Waals surface area contributed by atoms with E-state index < -0.39 is 0 Å². The van der Waals surface area contributed by atoms with E-state index in [1.54, 1.807) is 0 Å². The van der Waals surface area contributed by atoms with Crippen molar-refractivity contribution in [2.24, 2.45) is 0 Å². The molecule has 0 amide bonds. The molecule has 0 bridgehead atoms. The summed E-state index contributed by atoms with van der Waals surface area (Å²) in [4.78, 5) is 7.37. The van der Waals surface area contributed by atoms with Gasteiger partial charge >= 0.3 is 0 Å². The number of hydrogen-bond donors (Lipinski definition) is 0. The third-order valence-corrected chi connectivity index (χ3v) is 5.27. The Morgan fingerprint density at radius 1 is 1.33 bits per heavy atom. The number of rotatable bonds is 2. The van der Waals surface area contributed by atoms with E-state index in [1.807, 2.05) is 11.3 Å². The lowest BCUT2D eigenvalue weighted by Gasteiger charge is -2.39. The SMILES string of the molecule is Cc1csc(C2CCCN(C3CCOCC3)C2)n1. The molecule has 2 aliphatic rings. The second-order valence-electron chi connectivity index (χ2n) is 5.50. The van der Waals surface area contributed by atoms with Crippen molar-refractivity contribution in [1.82, 2.24) is 9.88 Å². The fraction of sp³-hybridized carbons (Fsp3) is 0.786. The summed E-state index contributed by atoms with van der Waals surface area (Å²) in [7, 11) is 0. The molecule has 1 atom stereocenters. The van der Waals surface area contributed by atoms with E-state index in [9.17, 15) is 0 Å². The van der Waals surface area contributed by atoms with E-state index >= 15 is 0 Å². The van der Waals surface area contributed by atoms with Gasteiger partial charge in [0.15, 0.2) is 0 Å². The lowest BCUT2D eigenvalue weighted by Crippen LogP contribution is -2.44. The third kappa shape index (κ3) is 2.76. The minimum absolute atomic E-state index is 0.667. The number of aryl methyl sites for hydroxylation is 1. The average Bonchev–Trinajstić information content (AvgIpc) is 2.87. The number of hydrogen-bond acceptors (Lipinski definition) is 4. The molecule has 0 N–H and O–H groups in total. The Morgan fingerprint density at radius 3 is 2.89 bits per heavy atom. The largest absolute Gasteiger partial charge is 0.381 e. The molecule has 2 aliphatic heterocycles. The Morgan fingerprint density at radius 2 is 2.17 bits per heavy atom. The number of thiazole rings is 1. The van der Waals surface area contributed by atoms with Crippen molar-refractivity contribution in [2.75, 3.05) is 26.3 Å². The number of nitrogens with zero attached hydrogens (tertiary/aromatic N) is 2. The lowest BCUT2D eigenvalue weighted by atomic mass is 9.95. The van der Waals surface area contributed by atoms with Gasteiger partial charge in [-0.25, -0.2) is 4.98 Å². The van der Waals surface area contributed by atoms with Gasteiger partial charge in [-0.2, -0.15) is 0 Å². The maximum Gasteiger partial charge on any atom is 0.0971 e. The Balaban J connectivity index is 1.64. The molecule has 1 unspecified atom stereocenters. The molecule has 2 saturated heterocycles. The third-order valence-electron chi connectivity index (χ3n) is 4.15. The predicted molar refractivity (Wildman–Crippen MR) is 74.2 cm³/mol. The second-order valence-corrected chi connectivity index (χ2v) is 6.39. The van der Waals surface area contributed by atoms with Gasteiger partial charge in [0.25, 0.3) is 0 Å². The quantitative estimate of drug-likeness (QED) is 0.823. The van der Waals surface area contributed by atoms with Crippen LogP contribution >= 0.6 is 11.3 Å². The van der Waals surface area contributed by atoms with Crippen molar-refractivity contribution >= 4 is 11.3 Å². The Labute approximate surface area is 113 Å². The van der Waals surface area contributed by atoms with Gasteiger partial charge in [-0.1, -0.05) is 0 Å². The molecule has 3 rings (SSSR count). The van der Waals surface area contributed by atoms with Crippen LogP contribution in [0.4, 0.5) is 0 Å². The molecule has 0 aliphatic carbocycles. The highest BCUT2D eigenvalue weighted by molar-refractivity contribution is 7.09. The molecule has 0 spiro atoms. The minimum atomic E-state index is 0.667. The number of aromatic nitrogens is 1. The van der Waals surface area contributed by atoms with Crippen LogP contribution in [0.3, 0.4) is 0 Å². The zero-order chi connectivity index (χ0) is 12.4. The van der Waals surface area contributed by atoms with Gasteiger partial charge in [-0.15, -0.1) is 11.3 Å². The fourth-order valence-corrected chi connectivity index (χ4v) is 4.08. The van der Waals surface area contributed by atoms with E-state index in [1.165, 1.54) is 49.5 Å². The highest BCUT2D eigenvalue weighted by atomic mass is 32.1. The number of piperidine rings is 1. The van der Waals surface area contributed by atoms with Gasteiger partial charge in [0.2, 0.25) is 0 Å². The van der Waals surface area contributed by atoms with Crippen LogP contribution in [0.2, 0.25) is 0 Å². The topological polar surface area (TPSA) is 25.4 Å². The molecule has 0 aromatic carbocycles. The Bertz CT molecular complexity index is 387. The van der Waals surface area contributed by atoms with Gasteiger partial charge < -0.3 is 4.74 Å². The number of ether oxygens (including phenoxy) is 1. The summed E-state index contributed by atoms with van der Waals surface area (Å²) in [6.45, 7) is 6.46. The minimum Gasteiger partial charge on any atom is -0.381 e. The average molecular weight is 266 g/mol. The molecule has 1 aromatic heterocycles. The van der Waals surface area contributed by atoms with E-state index in [0.29, 0.717) is 5.92 Å². The van der Waals surface area contributed by atoms with Crippen LogP contribution in [0, 0.1) is 6.92 Å². The molecule has 2 fully saturated rings. The van der Waals surface area contributed by atoms with Gasteiger partial charge in [0.05, 0.1) is 5.01 Å². The van der Waals surface area contributed by atoms with Crippen LogP contribution in [-0.2, 0) is 4.74 Å². The van der Waals surface area contributed by atoms with E-state index in [0.717, 1.165) is 19.3 Å². The molecule has 100 valence electrons. The van der Waals surface area contributed by atoms with Crippen molar-refractivity contribution in [3.8, 4) is 0 Å². The van der Waals surface area contributed by atoms with Crippen molar-refractivity contribution in [3.05, 3.63) is 16.1 Å². The van der Waals surface area contributed by atoms with Crippen LogP contribution in [0.25, 0.3) is 0 Å². The molecule has 1 aromatic rings. The molecular formula is C14H22N2OS. The van der Waals surface area contributed by atoms with E-state index in [-0.39, 0.29) is 0 Å². The molecule has 4 heteroatoms. The van der Waals surface area contributed by atoms with Crippen molar-refractivity contribution in [3.63, 3.8) is 0 Å². The van der Waals surface area contributed by atoms with Crippen LogP contribution < -0.4 is 0 Å². The van der Waals surface area contributed by atoms with Crippen LogP contribution in [0.15, 0.2) is 5.38 Å². The first kappa shape index (κ1) is 12.6. The van der Waals surface area contributed by atoms with Crippen LogP contribution in [-0.4, -0.2) is 42.2 Å². The van der Waals surface area contributed by atoms with Crippen molar-refractivity contribution in [2.45, 2.75) is 44.6 Å². The second kappa shape index (κ2) is 5.68. The van der Waals surface area contributed by atoms with E-state index in [2.05, 4.69) is 22.2 Å². The zero-order valence-corrected chi connectivity index (χ0v) is 11.9. The van der Waals surface area contributed by atoms with Crippen molar-refractivity contribution in [1.29, 1.82) is 0 Å². The van der Waals surface area contributed by atoms with Gasteiger partial charge in [-0.3, -0.25) is 4.90 Å².